The van der Waals surface area contributed by atoms with Crippen molar-refractivity contribution >= 4 is 27.7 Å². The van der Waals surface area contributed by atoms with Crippen molar-refractivity contribution in [3.63, 3.8) is 0 Å². The van der Waals surface area contributed by atoms with Crippen LogP contribution in [0.2, 0.25) is 0 Å². The first kappa shape index (κ1) is 9.92. The Labute approximate surface area is 83.5 Å². The third-order valence-electron chi connectivity index (χ3n) is 1.49. The summed E-state index contributed by atoms with van der Waals surface area (Å²) >= 11 is 3.17. The Morgan fingerprint density at radius 1 is 1.31 bits per heavy atom. The number of carboxylic acid groups (broad SMARTS) is 1. The second-order valence-electron chi connectivity index (χ2n) is 2.47. The molecule has 0 fully saturated rings. The first-order valence-corrected chi connectivity index (χ1v) is 4.40. The van der Waals surface area contributed by atoms with Crippen molar-refractivity contribution in [2.75, 3.05) is 0 Å². The maximum Gasteiger partial charge on any atom is 0.311 e. The minimum atomic E-state index is -1.11. The zero-order chi connectivity index (χ0) is 9.84. The molecule has 68 valence electrons. The van der Waals surface area contributed by atoms with E-state index in [1.807, 2.05) is 0 Å². The molecule has 4 heteroatoms. The van der Waals surface area contributed by atoms with Gasteiger partial charge in [0.1, 0.15) is 6.42 Å². The molecule has 13 heavy (non-hydrogen) atoms. The average Bonchev–Trinajstić information content (AvgIpc) is 2.03. The lowest BCUT2D eigenvalue weighted by molar-refractivity contribution is -0.135. The van der Waals surface area contributed by atoms with Crippen molar-refractivity contribution in [2.45, 2.75) is 6.42 Å². The number of carbonyl (C=O) groups is 2. The summed E-state index contributed by atoms with van der Waals surface area (Å²) in [7, 11) is 0. The maximum absolute atomic E-state index is 11.3. The third-order valence-corrected chi connectivity index (χ3v) is 2.18. The first-order chi connectivity index (χ1) is 6.11. The fourth-order valence-electron chi connectivity index (χ4n) is 0.920. The number of carbonyl (C=O) groups excluding carboxylic acids is 1. The smallest absolute Gasteiger partial charge is 0.311 e. The fourth-order valence-corrected chi connectivity index (χ4v) is 1.43. The molecule has 0 aromatic heterocycles. The zero-order valence-electron chi connectivity index (χ0n) is 6.66. The predicted octanol–water partition coefficient (Wildman–Crippen LogP) is 2.11. The maximum atomic E-state index is 11.3. The molecule has 0 aliphatic heterocycles. The van der Waals surface area contributed by atoms with Gasteiger partial charge < -0.3 is 5.11 Å². The van der Waals surface area contributed by atoms with Gasteiger partial charge >= 0.3 is 5.97 Å². The van der Waals surface area contributed by atoms with E-state index in [0.717, 1.165) is 0 Å². The summed E-state index contributed by atoms with van der Waals surface area (Å²) < 4.78 is 0.626. The summed E-state index contributed by atoms with van der Waals surface area (Å²) in [4.78, 5) is 21.5. The number of ketones is 1. The number of halogens is 1. The lowest BCUT2D eigenvalue weighted by Crippen LogP contribution is -2.07. The van der Waals surface area contributed by atoms with Crippen LogP contribution in [-0.2, 0) is 4.79 Å². The molecule has 0 aliphatic carbocycles. The summed E-state index contributed by atoms with van der Waals surface area (Å²) in [6, 6.07) is 6.76. The molecule has 0 saturated carbocycles. The van der Waals surface area contributed by atoms with Crippen LogP contribution in [0.3, 0.4) is 0 Å². The number of Topliss-reactive ketones (excluding diaryl/α,β-unsaturated/α-hetero) is 1. The van der Waals surface area contributed by atoms with Gasteiger partial charge in [-0.15, -0.1) is 0 Å². The number of carboxylic acids is 1. The molecule has 0 spiro atoms. The van der Waals surface area contributed by atoms with Gasteiger partial charge in [-0.25, -0.2) is 0 Å². The van der Waals surface area contributed by atoms with E-state index in [1.165, 1.54) is 0 Å². The van der Waals surface area contributed by atoms with Gasteiger partial charge in [-0.2, -0.15) is 0 Å². The molecule has 1 aromatic rings. The number of hydrogen-bond acceptors (Lipinski definition) is 2. The Morgan fingerprint density at radius 2 is 1.92 bits per heavy atom. The lowest BCUT2D eigenvalue weighted by atomic mass is 10.1. The number of benzene rings is 1. The molecule has 0 unspecified atom stereocenters. The van der Waals surface area contributed by atoms with Crippen molar-refractivity contribution < 1.29 is 14.7 Å². The van der Waals surface area contributed by atoms with Crippen LogP contribution in [0.15, 0.2) is 28.7 Å². The highest BCUT2D eigenvalue weighted by atomic mass is 79.9. The van der Waals surface area contributed by atoms with Crippen LogP contribution < -0.4 is 0 Å². The van der Waals surface area contributed by atoms with E-state index in [1.54, 1.807) is 24.3 Å². The molecule has 0 aliphatic rings. The van der Waals surface area contributed by atoms with E-state index < -0.39 is 12.4 Å². The predicted molar refractivity (Wildman–Crippen MR) is 50.7 cm³/mol. The molecule has 1 N–H and O–H groups in total. The standard InChI is InChI=1S/C9H7BrO3/c10-7-4-2-1-3-6(7)8(11)5-9(12)13/h1-4H,5H2,(H,12,13). The van der Waals surface area contributed by atoms with Crippen molar-refractivity contribution in [1.82, 2.24) is 0 Å². The first-order valence-electron chi connectivity index (χ1n) is 3.61. The Kier molecular flexibility index (Phi) is 3.19. The molecule has 3 nitrogen and oxygen atoms in total. The minimum absolute atomic E-state index is 0.389. The van der Waals surface area contributed by atoms with Gasteiger partial charge in [0, 0.05) is 10.0 Å². The summed E-state index contributed by atoms with van der Waals surface area (Å²) in [5.74, 6) is -1.50. The highest BCUT2D eigenvalue weighted by molar-refractivity contribution is 9.10. The van der Waals surface area contributed by atoms with Gasteiger partial charge in [0.05, 0.1) is 0 Å². The largest absolute Gasteiger partial charge is 0.481 e. The molecule has 0 radical (unpaired) electrons. The van der Waals surface area contributed by atoms with Crippen molar-refractivity contribution in [1.29, 1.82) is 0 Å². The molecular weight excluding hydrogens is 236 g/mol. The second kappa shape index (κ2) is 4.18. The van der Waals surface area contributed by atoms with E-state index in [9.17, 15) is 9.59 Å². The molecular formula is C9H7BrO3. The van der Waals surface area contributed by atoms with Crippen molar-refractivity contribution in [3.8, 4) is 0 Å². The normalized spacial score (nSPS) is 9.62. The Hall–Kier alpha value is -1.16. The SMILES string of the molecule is O=C(O)CC(=O)c1ccccc1Br. The van der Waals surface area contributed by atoms with Crippen molar-refractivity contribution in [3.05, 3.63) is 34.3 Å². The highest BCUT2D eigenvalue weighted by Crippen LogP contribution is 2.17. The topological polar surface area (TPSA) is 54.4 Å². The molecule has 1 aromatic carbocycles. The molecule has 0 heterocycles. The number of rotatable bonds is 3. The summed E-state index contributed by atoms with van der Waals surface area (Å²) in [6.45, 7) is 0. The van der Waals surface area contributed by atoms with Gasteiger partial charge in [-0.3, -0.25) is 9.59 Å². The third kappa shape index (κ3) is 2.66. The highest BCUT2D eigenvalue weighted by Gasteiger charge is 2.12. The molecule has 1 rings (SSSR count). The molecule has 0 amide bonds. The average molecular weight is 243 g/mol. The summed E-state index contributed by atoms with van der Waals surface area (Å²) in [5.41, 5.74) is 0.407. The van der Waals surface area contributed by atoms with Crippen molar-refractivity contribution in [2.24, 2.45) is 0 Å². The molecule has 0 atom stereocenters. The second-order valence-corrected chi connectivity index (χ2v) is 3.33. The Bertz CT molecular complexity index is 346. The van der Waals surface area contributed by atoms with E-state index in [0.29, 0.717) is 10.0 Å². The monoisotopic (exact) mass is 242 g/mol. The van der Waals surface area contributed by atoms with E-state index in [2.05, 4.69) is 15.9 Å². The molecule has 0 saturated heterocycles. The van der Waals surface area contributed by atoms with Crippen LogP contribution in [0, 0.1) is 0 Å². The zero-order valence-corrected chi connectivity index (χ0v) is 8.24. The lowest BCUT2D eigenvalue weighted by Gasteiger charge is -1.99. The van der Waals surface area contributed by atoms with Crippen LogP contribution in [0.1, 0.15) is 16.8 Å². The van der Waals surface area contributed by atoms with Gasteiger partial charge in [0.25, 0.3) is 0 Å². The minimum Gasteiger partial charge on any atom is -0.481 e. The summed E-state index contributed by atoms with van der Waals surface area (Å²) in [5, 5.41) is 8.40. The van der Waals surface area contributed by atoms with Crippen LogP contribution in [0.4, 0.5) is 0 Å². The number of aliphatic carboxylic acids is 1. The number of hydrogen-bond donors (Lipinski definition) is 1. The van der Waals surface area contributed by atoms with Crippen LogP contribution in [-0.4, -0.2) is 16.9 Å². The van der Waals surface area contributed by atoms with Gasteiger partial charge in [0.2, 0.25) is 0 Å². The van der Waals surface area contributed by atoms with Crippen LogP contribution >= 0.6 is 15.9 Å². The van der Waals surface area contributed by atoms with Crippen LogP contribution in [0.25, 0.3) is 0 Å². The summed E-state index contributed by atoms with van der Waals surface area (Å²) in [6.07, 6.45) is -0.470. The Morgan fingerprint density at radius 3 is 2.46 bits per heavy atom. The van der Waals surface area contributed by atoms with Gasteiger partial charge in [-0.1, -0.05) is 34.1 Å². The van der Waals surface area contributed by atoms with Gasteiger partial charge in [-0.05, 0) is 6.07 Å². The fraction of sp³-hybridized carbons (Fsp3) is 0.111. The van der Waals surface area contributed by atoms with E-state index >= 15 is 0 Å². The van der Waals surface area contributed by atoms with Gasteiger partial charge in [0.15, 0.2) is 5.78 Å². The van der Waals surface area contributed by atoms with E-state index in [-0.39, 0.29) is 5.78 Å². The molecule has 0 bridgehead atoms. The van der Waals surface area contributed by atoms with E-state index in [4.69, 9.17) is 5.11 Å². The van der Waals surface area contributed by atoms with Crippen LogP contribution in [0.5, 0.6) is 0 Å². The Balaban J connectivity index is 2.89. The quantitative estimate of drug-likeness (QED) is 0.653.